The van der Waals surface area contributed by atoms with E-state index in [0.717, 1.165) is 44.8 Å². The minimum Gasteiger partial charge on any atom is -0.469 e. The number of carbonyl (C=O) groups is 1. The smallest absolute Gasteiger partial charge is 0.309 e. The second-order valence-electron chi connectivity index (χ2n) is 5.21. The Morgan fingerprint density at radius 3 is 3.06 bits per heavy atom. The molecule has 2 rings (SSSR count). The van der Waals surface area contributed by atoms with Gasteiger partial charge in [0.2, 0.25) is 0 Å². The number of carbonyl (C=O) groups excluding carboxylic acids is 1. The quantitative estimate of drug-likeness (QED) is 0.732. The fraction of sp³-hybridized carbons (Fsp3) is 0.923. The normalized spacial score (nSPS) is 33.6. The summed E-state index contributed by atoms with van der Waals surface area (Å²) in [5.41, 5.74) is -0.0373. The van der Waals surface area contributed by atoms with Crippen LogP contribution in [0.2, 0.25) is 0 Å². The highest BCUT2D eigenvalue weighted by Crippen LogP contribution is 2.37. The third-order valence-corrected chi connectivity index (χ3v) is 5.27. The zero-order valence-corrected chi connectivity index (χ0v) is 12.0. The van der Waals surface area contributed by atoms with E-state index >= 15 is 0 Å². The zero-order valence-electron chi connectivity index (χ0n) is 11.1. The van der Waals surface area contributed by atoms with Crippen LogP contribution >= 0.6 is 11.8 Å². The van der Waals surface area contributed by atoms with Crippen LogP contribution in [0.25, 0.3) is 0 Å². The molecule has 0 aliphatic carbocycles. The Morgan fingerprint density at radius 1 is 1.56 bits per heavy atom. The van der Waals surface area contributed by atoms with E-state index < -0.39 is 0 Å². The summed E-state index contributed by atoms with van der Waals surface area (Å²) in [6.07, 6.45) is 3.13. The van der Waals surface area contributed by atoms with E-state index in [0.29, 0.717) is 5.25 Å². The number of rotatable bonds is 4. The molecule has 2 fully saturated rings. The van der Waals surface area contributed by atoms with Crippen molar-refractivity contribution in [3.8, 4) is 0 Å². The average molecular weight is 274 g/mol. The maximum Gasteiger partial charge on any atom is 0.309 e. The zero-order chi connectivity index (χ0) is 13.0. The molecule has 4 nitrogen and oxygen atoms in total. The Labute approximate surface area is 113 Å². The van der Waals surface area contributed by atoms with Crippen LogP contribution in [0.3, 0.4) is 0 Å². The lowest BCUT2D eigenvalue weighted by atomic mass is 9.93. The standard InChI is InChI=1S/C13H22O4S/c1-10(12(14)15-2)8-18-11-3-5-17-13(7-11)4-6-16-9-13/h10-11H,3-9H2,1-2H3. The minimum atomic E-state index is -0.117. The van der Waals surface area contributed by atoms with Crippen LogP contribution in [0.1, 0.15) is 26.2 Å². The first-order chi connectivity index (χ1) is 8.65. The van der Waals surface area contributed by atoms with Crippen molar-refractivity contribution in [1.29, 1.82) is 0 Å². The Morgan fingerprint density at radius 2 is 2.39 bits per heavy atom. The minimum absolute atomic E-state index is 0.0291. The lowest BCUT2D eigenvalue weighted by Gasteiger charge is -2.37. The van der Waals surface area contributed by atoms with Gasteiger partial charge in [-0.3, -0.25) is 4.79 Å². The van der Waals surface area contributed by atoms with Gasteiger partial charge in [-0.05, 0) is 12.8 Å². The average Bonchev–Trinajstić information content (AvgIpc) is 2.83. The van der Waals surface area contributed by atoms with Crippen LogP contribution in [0, 0.1) is 5.92 Å². The van der Waals surface area contributed by atoms with Gasteiger partial charge in [0.05, 0.1) is 25.2 Å². The van der Waals surface area contributed by atoms with E-state index in [9.17, 15) is 4.79 Å². The van der Waals surface area contributed by atoms with Crippen molar-refractivity contribution in [1.82, 2.24) is 0 Å². The van der Waals surface area contributed by atoms with Gasteiger partial charge < -0.3 is 14.2 Å². The summed E-state index contributed by atoms with van der Waals surface area (Å²) in [6, 6.07) is 0. The number of methoxy groups -OCH3 is 1. The van der Waals surface area contributed by atoms with Crippen LogP contribution in [-0.2, 0) is 19.0 Å². The summed E-state index contributed by atoms with van der Waals surface area (Å²) < 4.78 is 16.1. The van der Waals surface area contributed by atoms with Crippen molar-refractivity contribution in [2.45, 2.75) is 37.0 Å². The molecule has 3 unspecified atom stereocenters. The highest BCUT2D eigenvalue weighted by atomic mass is 32.2. The Hall–Kier alpha value is -0.260. The molecular formula is C13H22O4S. The predicted octanol–water partition coefficient (Wildman–Crippen LogP) is 1.87. The fourth-order valence-electron chi connectivity index (χ4n) is 2.54. The van der Waals surface area contributed by atoms with Crippen LogP contribution in [0.15, 0.2) is 0 Å². The highest BCUT2D eigenvalue weighted by molar-refractivity contribution is 7.99. The molecule has 0 bridgehead atoms. The van der Waals surface area contributed by atoms with Gasteiger partial charge in [0.15, 0.2) is 0 Å². The molecule has 3 atom stereocenters. The van der Waals surface area contributed by atoms with Gasteiger partial charge in [0.1, 0.15) is 0 Å². The number of thioether (sulfide) groups is 1. The number of hydrogen-bond donors (Lipinski definition) is 0. The molecule has 5 heteroatoms. The molecule has 0 aromatic heterocycles. The maximum absolute atomic E-state index is 11.4. The van der Waals surface area contributed by atoms with Crippen LogP contribution < -0.4 is 0 Å². The Bertz CT molecular complexity index is 289. The summed E-state index contributed by atoms with van der Waals surface area (Å²) in [6.45, 7) is 4.28. The fourth-order valence-corrected chi connectivity index (χ4v) is 3.92. The van der Waals surface area contributed by atoms with Crippen molar-refractivity contribution in [3.05, 3.63) is 0 Å². The lowest BCUT2D eigenvalue weighted by molar-refractivity contribution is -0.143. The summed E-state index contributed by atoms with van der Waals surface area (Å²) in [5.74, 6) is 0.681. The Balaban J connectivity index is 1.77. The number of ether oxygens (including phenoxy) is 3. The third-order valence-electron chi connectivity index (χ3n) is 3.70. The van der Waals surface area contributed by atoms with E-state index in [-0.39, 0.29) is 17.5 Å². The first-order valence-corrected chi connectivity index (χ1v) is 7.61. The van der Waals surface area contributed by atoms with Gasteiger partial charge in [-0.2, -0.15) is 11.8 Å². The van der Waals surface area contributed by atoms with Gasteiger partial charge in [0.25, 0.3) is 0 Å². The van der Waals surface area contributed by atoms with E-state index in [1.54, 1.807) is 0 Å². The molecule has 2 heterocycles. The SMILES string of the molecule is COC(=O)C(C)CSC1CCOC2(CCOC2)C1. The van der Waals surface area contributed by atoms with Crippen LogP contribution in [-0.4, -0.2) is 49.5 Å². The number of hydrogen-bond acceptors (Lipinski definition) is 5. The van der Waals surface area contributed by atoms with Crippen LogP contribution in [0.4, 0.5) is 0 Å². The molecule has 0 saturated carbocycles. The topological polar surface area (TPSA) is 44.8 Å². The van der Waals surface area contributed by atoms with E-state index in [1.165, 1.54) is 7.11 Å². The second kappa shape index (κ2) is 6.26. The summed E-state index contributed by atoms with van der Waals surface area (Å²) in [7, 11) is 1.45. The molecular weight excluding hydrogens is 252 g/mol. The monoisotopic (exact) mass is 274 g/mol. The van der Waals surface area contributed by atoms with Gasteiger partial charge >= 0.3 is 5.97 Å². The molecule has 104 valence electrons. The molecule has 0 aromatic carbocycles. The Kier molecular flexibility index (Phi) is 4.92. The molecule has 2 saturated heterocycles. The lowest BCUT2D eigenvalue weighted by Crippen LogP contribution is -2.41. The van der Waals surface area contributed by atoms with E-state index in [4.69, 9.17) is 14.2 Å². The molecule has 2 aliphatic rings. The van der Waals surface area contributed by atoms with Crippen LogP contribution in [0.5, 0.6) is 0 Å². The van der Waals surface area contributed by atoms with Gasteiger partial charge in [-0.1, -0.05) is 6.92 Å². The second-order valence-corrected chi connectivity index (χ2v) is 6.54. The van der Waals surface area contributed by atoms with Crippen molar-refractivity contribution in [2.24, 2.45) is 5.92 Å². The number of esters is 1. The summed E-state index contributed by atoms with van der Waals surface area (Å²) in [5, 5.41) is 0.576. The molecule has 2 aliphatic heterocycles. The summed E-state index contributed by atoms with van der Waals surface area (Å²) >= 11 is 1.87. The molecule has 0 radical (unpaired) electrons. The first kappa shape index (κ1) is 14.2. The predicted molar refractivity (Wildman–Crippen MR) is 70.8 cm³/mol. The van der Waals surface area contributed by atoms with Gasteiger partial charge in [-0.15, -0.1) is 0 Å². The summed E-state index contributed by atoms with van der Waals surface area (Å²) in [4.78, 5) is 11.4. The molecule has 1 spiro atoms. The maximum atomic E-state index is 11.4. The van der Waals surface area contributed by atoms with Crippen molar-refractivity contribution < 1.29 is 19.0 Å². The molecule has 0 amide bonds. The van der Waals surface area contributed by atoms with E-state index in [1.807, 2.05) is 18.7 Å². The molecule has 0 aromatic rings. The molecule has 18 heavy (non-hydrogen) atoms. The molecule has 0 N–H and O–H groups in total. The van der Waals surface area contributed by atoms with E-state index in [2.05, 4.69) is 0 Å². The van der Waals surface area contributed by atoms with Gasteiger partial charge in [0, 0.05) is 30.6 Å². The van der Waals surface area contributed by atoms with Crippen molar-refractivity contribution >= 4 is 17.7 Å². The van der Waals surface area contributed by atoms with Crippen molar-refractivity contribution in [2.75, 3.05) is 32.7 Å². The largest absolute Gasteiger partial charge is 0.469 e. The van der Waals surface area contributed by atoms with Gasteiger partial charge in [-0.25, -0.2) is 0 Å². The first-order valence-electron chi connectivity index (χ1n) is 6.56. The third kappa shape index (κ3) is 3.39. The van der Waals surface area contributed by atoms with Crippen molar-refractivity contribution in [3.63, 3.8) is 0 Å². The highest BCUT2D eigenvalue weighted by Gasteiger charge is 2.41.